The number of para-hydroxylation sites is 2. The third-order valence-corrected chi connectivity index (χ3v) is 5.88. The van der Waals surface area contributed by atoms with E-state index in [9.17, 15) is 4.79 Å². The van der Waals surface area contributed by atoms with Crippen molar-refractivity contribution in [1.82, 2.24) is 19.4 Å². The first kappa shape index (κ1) is 20.4. The van der Waals surface area contributed by atoms with Crippen LogP contribution in [-0.4, -0.2) is 58.0 Å². The van der Waals surface area contributed by atoms with E-state index in [4.69, 9.17) is 9.72 Å². The van der Waals surface area contributed by atoms with Crippen LogP contribution in [0.1, 0.15) is 31.2 Å². The van der Waals surface area contributed by atoms with Crippen molar-refractivity contribution in [3.05, 3.63) is 59.9 Å². The molecule has 0 saturated carbocycles. The van der Waals surface area contributed by atoms with Crippen LogP contribution < -0.4 is 4.74 Å². The quantitative estimate of drug-likeness (QED) is 0.629. The van der Waals surface area contributed by atoms with E-state index in [1.165, 1.54) is 5.56 Å². The summed E-state index contributed by atoms with van der Waals surface area (Å²) in [5.74, 6) is 2.34. The Balaban J connectivity index is 1.26. The molecule has 1 aliphatic heterocycles. The van der Waals surface area contributed by atoms with E-state index in [1.54, 1.807) is 0 Å². The van der Waals surface area contributed by atoms with E-state index in [2.05, 4.69) is 48.6 Å². The third-order valence-electron chi connectivity index (χ3n) is 5.88. The third kappa shape index (κ3) is 4.49. The van der Waals surface area contributed by atoms with Gasteiger partial charge in [-0.15, -0.1) is 0 Å². The molecular weight excluding hydrogens is 376 g/mol. The van der Waals surface area contributed by atoms with E-state index >= 15 is 0 Å². The molecule has 0 aliphatic carbocycles. The Morgan fingerprint density at radius 1 is 1.03 bits per heavy atom. The topological polar surface area (TPSA) is 50.6 Å². The Bertz CT molecular complexity index is 1000. The van der Waals surface area contributed by atoms with Crippen molar-refractivity contribution >= 4 is 16.9 Å². The summed E-state index contributed by atoms with van der Waals surface area (Å²) in [6, 6.07) is 16.2. The second kappa shape index (κ2) is 8.88. The Hall–Kier alpha value is -2.86. The number of carbonyl (C=O) groups is 1. The molecule has 0 spiro atoms. The fraction of sp³-hybridized carbons (Fsp3) is 0.417. The summed E-state index contributed by atoms with van der Waals surface area (Å²) in [5, 5.41) is 0. The van der Waals surface area contributed by atoms with Gasteiger partial charge in [0.25, 0.3) is 5.91 Å². The van der Waals surface area contributed by atoms with E-state index in [-0.39, 0.29) is 12.5 Å². The highest BCUT2D eigenvalue weighted by Gasteiger charge is 2.22. The first-order chi connectivity index (χ1) is 14.5. The maximum Gasteiger partial charge on any atom is 0.260 e. The lowest BCUT2D eigenvalue weighted by Gasteiger charge is -2.34. The highest BCUT2D eigenvalue weighted by Crippen LogP contribution is 2.19. The Kier molecular flexibility index (Phi) is 6.04. The largest absolute Gasteiger partial charge is 0.484 e. The van der Waals surface area contributed by atoms with Gasteiger partial charge in [0, 0.05) is 33.2 Å². The van der Waals surface area contributed by atoms with Gasteiger partial charge in [0.05, 0.1) is 17.6 Å². The number of ether oxygens (including phenoxy) is 1. The Labute approximate surface area is 178 Å². The molecule has 158 valence electrons. The zero-order chi connectivity index (χ0) is 21.1. The zero-order valence-electron chi connectivity index (χ0n) is 18.0. The number of hydrogen-bond acceptors (Lipinski definition) is 4. The average Bonchev–Trinajstić information content (AvgIpc) is 3.08. The SMILES string of the molecule is CC(C)c1ccc(OCC(=O)N2CCN(Cc3nc4ccccc4n3C)CC2)cc1. The lowest BCUT2D eigenvalue weighted by molar-refractivity contribution is -0.135. The van der Waals surface area contributed by atoms with Crippen molar-refractivity contribution in [2.24, 2.45) is 7.05 Å². The summed E-state index contributed by atoms with van der Waals surface area (Å²) in [5.41, 5.74) is 3.45. The summed E-state index contributed by atoms with van der Waals surface area (Å²) in [6.07, 6.45) is 0. The molecule has 4 rings (SSSR count). The molecule has 1 aromatic heterocycles. The summed E-state index contributed by atoms with van der Waals surface area (Å²) in [6.45, 7) is 8.34. The number of amides is 1. The van der Waals surface area contributed by atoms with Crippen LogP contribution in [0, 0.1) is 0 Å². The highest BCUT2D eigenvalue weighted by molar-refractivity contribution is 5.78. The summed E-state index contributed by atoms with van der Waals surface area (Å²) in [7, 11) is 2.06. The monoisotopic (exact) mass is 406 g/mol. The van der Waals surface area contributed by atoms with E-state index in [0.717, 1.165) is 55.3 Å². The van der Waals surface area contributed by atoms with Crippen LogP contribution >= 0.6 is 0 Å². The number of hydrogen-bond donors (Lipinski definition) is 0. The maximum absolute atomic E-state index is 12.5. The average molecular weight is 407 g/mol. The first-order valence-electron chi connectivity index (χ1n) is 10.6. The van der Waals surface area contributed by atoms with Gasteiger partial charge >= 0.3 is 0 Å². The van der Waals surface area contributed by atoms with Crippen molar-refractivity contribution < 1.29 is 9.53 Å². The number of aryl methyl sites for hydroxylation is 1. The standard InChI is InChI=1S/C24H30N4O2/c1-18(2)19-8-10-20(11-9-19)30-17-24(29)28-14-12-27(13-15-28)16-23-25-21-6-4-5-7-22(21)26(23)3/h4-11,18H,12-17H2,1-3H3. The molecule has 0 atom stereocenters. The van der Waals surface area contributed by atoms with Crippen LogP contribution in [-0.2, 0) is 18.4 Å². The molecule has 1 amide bonds. The molecule has 2 heterocycles. The molecule has 30 heavy (non-hydrogen) atoms. The molecular formula is C24H30N4O2. The van der Waals surface area contributed by atoms with Crippen molar-refractivity contribution in [2.75, 3.05) is 32.8 Å². The molecule has 0 unspecified atom stereocenters. The van der Waals surface area contributed by atoms with Crippen LogP contribution in [0.4, 0.5) is 0 Å². The number of imidazole rings is 1. The lowest BCUT2D eigenvalue weighted by atomic mass is 10.0. The smallest absolute Gasteiger partial charge is 0.260 e. The molecule has 6 nitrogen and oxygen atoms in total. The van der Waals surface area contributed by atoms with Gasteiger partial charge in [-0.3, -0.25) is 9.69 Å². The molecule has 1 fully saturated rings. The van der Waals surface area contributed by atoms with Crippen LogP contribution in [0.25, 0.3) is 11.0 Å². The fourth-order valence-corrected chi connectivity index (χ4v) is 3.88. The van der Waals surface area contributed by atoms with Crippen LogP contribution in [0.2, 0.25) is 0 Å². The van der Waals surface area contributed by atoms with Gasteiger partial charge in [0.15, 0.2) is 6.61 Å². The predicted molar refractivity (Wildman–Crippen MR) is 119 cm³/mol. The first-order valence-corrected chi connectivity index (χ1v) is 10.6. The second-order valence-electron chi connectivity index (χ2n) is 8.25. The lowest BCUT2D eigenvalue weighted by Crippen LogP contribution is -2.49. The highest BCUT2D eigenvalue weighted by atomic mass is 16.5. The zero-order valence-corrected chi connectivity index (χ0v) is 18.0. The van der Waals surface area contributed by atoms with Crippen molar-refractivity contribution in [3.63, 3.8) is 0 Å². The van der Waals surface area contributed by atoms with Gasteiger partial charge < -0.3 is 14.2 Å². The van der Waals surface area contributed by atoms with Crippen LogP contribution in [0.5, 0.6) is 5.75 Å². The second-order valence-corrected chi connectivity index (χ2v) is 8.25. The molecule has 0 radical (unpaired) electrons. The number of nitrogens with zero attached hydrogens (tertiary/aromatic N) is 4. The van der Waals surface area contributed by atoms with Gasteiger partial charge in [-0.05, 0) is 35.7 Å². The van der Waals surface area contributed by atoms with Crippen molar-refractivity contribution in [2.45, 2.75) is 26.3 Å². The van der Waals surface area contributed by atoms with Crippen molar-refractivity contribution in [3.8, 4) is 5.75 Å². The molecule has 2 aromatic carbocycles. The summed E-state index contributed by atoms with van der Waals surface area (Å²) < 4.78 is 7.87. The molecule has 0 bridgehead atoms. The number of carbonyl (C=O) groups excluding carboxylic acids is 1. The minimum atomic E-state index is 0.0466. The molecule has 1 saturated heterocycles. The summed E-state index contributed by atoms with van der Waals surface area (Å²) >= 11 is 0. The Morgan fingerprint density at radius 3 is 2.40 bits per heavy atom. The minimum Gasteiger partial charge on any atom is -0.484 e. The Morgan fingerprint density at radius 2 is 1.73 bits per heavy atom. The number of rotatable bonds is 6. The van der Waals surface area contributed by atoms with E-state index in [0.29, 0.717) is 5.92 Å². The van der Waals surface area contributed by atoms with Gasteiger partial charge in [0.1, 0.15) is 11.6 Å². The van der Waals surface area contributed by atoms with E-state index in [1.807, 2.05) is 35.2 Å². The molecule has 6 heteroatoms. The predicted octanol–water partition coefficient (Wildman–Crippen LogP) is 3.42. The van der Waals surface area contributed by atoms with Crippen LogP contribution in [0.3, 0.4) is 0 Å². The van der Waals surface area contributed by atoms with Gasteiger partial charge in [-0.25, -0.2) is 4.98 Å². The molecule has 0 N–H and O–H groups in total. The maximum atomic E-state index is 12.5. The fourth-order valence-electron chi connectivity index (χ4n) is 3.88. The van der Waals surface area contributed by atoms with Gasteiger partial charge in [0.2, 0.25) is 0 Å². The molecule has 3 aromatic rings. The van der Waals surface area contributed by atoms with E-state index < -0.39 is 0 Å². The normalized spacial score (nSPS) is 15.1. The number of piperazine rings is 1. The van der Waals surface area contributed by atoms with Gasteiger partial charge in [-0.2, -0.15) is 0 Å². The van der Waals surface area contributed by atoms with Gasteiger partial charge in [-0.1, -0.05) is 38.1 Å². The molecule has 1 aliphatic rings. The number of fused-ring (bicyclic) bond motifs is 1. The number of benzene rings is 2. The summed E-state index contributed by atoms with van der Waals surface area (Å²) in [4.78, 5) is 21.6. The van der Waals surface area contributed by atoms with Crippen LogP contribution in [0.15, 0.2) is 48.5 Å². The van der Waals surface area contributed by atoms with Crippen molar-refractivity contribution in [1.29, 1.82) is 0 Å². The number of aromatic nitrogens is 2. The minimum absolute atomic E-state index is 0.0466.